The number of hydrogen-bond donors (Lipinski definition) is 2. The van der Waals surface area contributed by atoms with Gasteiger partial charge in [-0.3, -0.25) is 4.72 Å². The molecule has 0 bridgehead atoms. The van der Waals surface area contributed by atoms with Gasteiger partial charge < -0.3 is 5.73 Å². The molecule has 1 aliphatic rings. The zero-order chi connectivity index (χ0) is 23.1. The molecule has 1 saturated heterocycles. The third-order valence-electron chi connectivity index (χ3n) is 5.07. The van der Waals surface area contributed by atoms with Crippen molar-refractivity contribution in [2.24, 2.45) is 0 Å². The quantitative estimate of drug-likeness (QED) is 0.574. The zero-order valence-corrected chi connectivity index (χ0v) is 19.7. The Balaban J connectivity index is 1.81. The third-order valence-corrected chi connectivity index (χ3v) is 8.10. The smallest absolute Gasteiger partial charge is 0.301 e. The molecule has 0 aliphatic carbocycles. The monoisotopic (exact) mass is 476 g/mol. The molecule has 0 atom stereocenters. The van der Waals surface area contributed by atoms with Gasteiger partial charge in [-0.05, 0) is 31.0 Å². The highest BCUT2D eigenvalue weighted by Crippen LogP contribution is 2.41. The van der Waals surface area contributed by atoms with Crippen LogP contribution in [0, 0.1) is 5.82 Å². The lowest BCUT2D eigenvalue weighted by Crippen LogP contribution is -2.33. The topological polar surface area (TPSA) is 114 Å². The third kappa shape index (κ3) is 4.45. The maximum Gasteiger partial charge on any atom is 0.301 e. The molecule has 1 aromatic carbocycles. The van der Waals surface area contributed by atoms with Crippen molar-refractivity contribution in [3.63, 3.8) is 0 Å². The highest BCUT2D eigenvalue weighted by Gasteiger charge is 2.29. The first kappa shape index (κ1) is 22.6. The van der Waals surface area contributed by atoms with Crippen LogP contribution < -0.4 is 10.5 Å². The summed E-state index contributed by atoms with van der Waals surface area (Å²) < 4.78 is 44.7. The van der Waals surface area contributed by atoms with Crippen molar-refractivity contribution in [1.82, 2.24) is 19.3 Å². The van der Waals surface area contributed by atoms with Crippen LogP contribution in [0.15, 0.2) is 30.5 Å². The highest BCUT2D eigenvalue weighted by atomic mass is 32.2. The van der Waals surface area contributed by atoms with E-state index in [2.05, 4.69) is 14.7 Å². The number of anilines is 2. The van der Waals surface area contributed by atoms with Crippen LogP contribution in [-0.2, 0) is 15.6 Å². The van der Waals surface area contributed by atoms with Gasteiger partial charge in [0.15, 0.2) is 5.82 Å². The summed E-state index contributed by atoms with van der Waals surface area (Å²) in [5.74, 6) is -0.587. The van der Waals surface area contributed by atoms with Gasteiger partial charge in [0.2, 0.25) is 5.95 Å². The molecule has 1 fully saturated rings. The average Bonchev–Trinajstić information content (AvgIpc) is 3.40. The second-order valence-electron chi connectivity index (χ2n) is 8.63. The minimum Gasteiger partial charge on any atom is -0.368 e. The van der Waals surface area contributed by atoms with Crippen LogP contribution in [0.5, 0.6) is 0 Å². The normalized spacial score (nSPS) is 15.2. The molecule has 0 saturated carbocycles. The fourth-order valence-electron chi connectivity index (χ4n) is 3.42. The van der Waals surface area contributed by atoms with Gasteiger partial charge >= 0.3 is 10.2 Å². The first-order valence-corrected chi connectivity index (χ1v) is 12.5. The van der Waals surface area contributed by atoms with Crippen LogP contribution in [0.3, 0.4) is 0 Å². The molecular formula is C21H25FN6O2S2. The summed E-state index contributed by atoms with van der Waals surface area (Å²) >= 11 is 1.40. The van der Waals surface area contributed by atoms with Gasteiger partial charge in [0.1, 0.15) is 0 Å². The number of aromatic nitrogens is 3. The van der Waals surface area contributed by atoms with E-state index in [4.69, 9.17) is 10.7 Å². The average molecular weight is 477 g/mol. The molecule has 0 spiro atoms. The molecule has 0 unspecified atom stereocenters. The molecule has 2 aromatic heterocycles. The summed E-state index contributed by atoms with van der Waals surface area (Å²) in [6, 6.07) is 6.29. The Bertz CT molecular complexity index is 1250. The molecular weight excluding hydrogens is 451 g/mol. The molecule has 0 amide bonds. The van der Waals surface area contributed by atoms with E-state index in [9.17, 15) is 8.42 Å². The Hall–Kier alpha value is -2.63. The van der Waals surface area contributed by atoms with Gasteiger partial charge in [0, 0.05) is 30.3 Å². The number of nitrogens with two attached hydrogens (primary N) is 1. The molecule has 3 N–H and O–H groups in total. The van der Waals surface area contributed by atoms with Crippen molar-refractivity contribution in [3.05, 3.63) is 41.3 Å². The Kier molecular flexibility index (Phi) is 5.91. The minimum absolute atomic E-state index is 0.103. The van der Waals surface area contributed by atoms with E-state index in [0.717, 1.165) is 17.8 Å². The lowest BCUT2D eigenvalue weighted by Gasteiger charge is -2.18. The SMILES string of the molecule is CC(C)(C)c1nc(-c2cccc(NS(=O)(=O)N3CCCC3)c2F)c(-c2ccnc(N)n2)s1. The molecule has 170 valence electrons. The fraction of sp³-hybridized carbons (Fsp3) is 0.381. The first-order chi connectivity index (χ1) is 15.1. The van der Waals surface area contributed by atoms with Crippen LogP contribution >= 0.6 is 11.3 Å². The number of rotatable bonds is 5. The maximum absolute atomic E-state index is 15.6. The van der Waals surface area contributed by atoms with Crippen molar-refractivity contribution >= 4 is 33.2 Å². The predicted octanol–water partition coefficient (Wildman–Crippen LogP) is 4.04. The molecule has 4 rings (SSSR count). The number of halogens is 1. The lowest BCUT2D eigenvalue weighted by molar-refractivity contribution is 0.482. The van der Waals surface area contributed by atoms with Crippen LogP contribution in [0.4, 0.5) is 16.0 Å². The Morgan fingerprint density at radius 2 is 1.88 bits per heavy atom. The van der Waals surface area contributed by atoms with Crippen LogP contribution in [0.2, 0.25) is 0 Å². The molecule has 8 nitrogen and oxygen atoms in total. The van der Waals surface area contributed by atoms with E-state index >= 15 is 4.39 Å². The van der Waals surface area contributed by atoms with Crippen LogP contribution in [0.1, 0.15) is 38.6 Å². The summed E-state index contributed by atoms with van der Waals surface area (Å²) in [7, 11) is -3.83. The van der Waals surface area contributed by atoms with Crippen molar-refractivity contribution in [2.45, 2.75) is 39.0 Å². The number of thiazole rings is 1. The molecule has 1 aliphatic heterocycles. The predicted molar refractivity (Wildman–Crippen MR) is 125 cm³/mol. The van der Waals surface area contributed by atoms with Gasteiger partial charge in [-0.2, -0.15) is 12.7 Å². The Morgan fingerprint density at radius 3 is 2.53 bits per heavy atom. The molecule has 3 heterocycles. The van der Waals surface area contributed by atoms with Gasteiger partial charge in [0.05, 0.1) is 27.0 Å². The van der Waals surface area contributed by atoms with E-state index < -0.39 is 16.0 Å². The minimum atomic E-state index is -3.83. The van der Waals surface area contributed by atoms with E-state index in [1.807, 2.05) is 20.8 Å². The second kappa shape index (κ2) is 8.38. The lowest BCUT2D eigenvalue weighted by atomic mass is 9.98. The van der Waals surface area contributed by atoms with Crippen molar-refractivity contribution < 1.29 is 12.8 Å². The highest BCUT2D eigenvalue weighted by molar-refractivity contribution is 7.90. The van der Waals surface area contributed by atoms with Gasteiger partial charge in [-0.25, -0.2) is 19.3 Å². The summed E-state index contributed by atoms with van der Waals surface area (Å²) in [4.78, 5) is 13.6. The second-order valence-corrected chi connectivity index (χ2v) is 11.3. The van der Waals surface area contributed by atoms with Gasteiger partial charge in [0.25, 0.3) is 0 Å². The van der Waals surface area contributed by atoms with Crippen molar-refractivity contribution in [1.29, 1.82) is 0 Å². The maximum atomic E-state index is 15.6. The van der Waals surface area contributed by atoms with E-state index in [1.54, 1.807) is 18.2 Å². The van der Waals surface area contributed by atoms with E-state index in [1.165, 1.54) is 27.9 Å². The molecule has 3 aromatic rings. The van der Waals surface area contributed by atoms with E-state index in [0.29, 0.717) is 29.4 Å². The standard InChI is InChI=1S/C21H25FN6O2S2/c1-21(2,3)19-26-17(18(31-19)15-9-10-24-20(23)25-15)13-7-6-8-14(16(13)22)27-32(29,30)28-11-4-5-12-28/h6-10,27H,4-5,11-12H2,1-3H3,(H2,23,24,25). The van der Waals surface area contributed by atoms with Gasteiger partial charge in [-0.15, -0.1) is 11.3 Å². The summed E-state index contributed by atoms with van der Waals surface area (Å²) in [6.07, 6.45) is 3.13. The molecule has 32 heavy (non-hydrogen) atoms. The summed E-state index contributed by atoms with van der Waals surface area (Å²) in [6.45, 7) is 6.91. The van der Waals surface area contributed by atoms with Crippen molar-refractivity contribution in [2.75, 3.05) is 23.5 Å². The number of nitrogens with one attached hydrogen (secondary N) is 1. The van der Waals surface area contributed by atoms with Gasteiger partial charge in [-0.1, -0.05) is 26.8 Å². The van der Waals surface area contributed by atoms with Crippen LogP contribution in [0.25, 0.3) is 21.8 Å². The van der Waals surface area contributed by atoms with Crippen molar-refractivity contribution in [3.8, 4) is 21.8 Å². The number of hydrogen-bond acceptors (Lipinski definition) is 7. The number of nitrogen functional groups attached to an aromatic ring is 1. The van der Waals surface area contributed by atoms with E-state index in [-0.39, 0.29) is 22.6 Å². The number of nitrogens with zero attached hydrogens (tertiary/aromatic N) is 4. The first-order valence-electron chi connectivity index (χ1n) is 10.2. The zero-order valence-electron chi connectivity index (χ0n) is 18.1. The summed E-state index contributed by atoms with van der Waals surface area (Å²) in [5.41, 5.74) is 6.48. The van der Waals surface area contributed by atoms with Crippen LogP contribution in [-0.4, -0.2) is 40.8 Å². The molecule has 11 heteroatoms. The Morgan fingerprint density at radius 1 is 1.16 bits per heavy atom. The fourth-order valence-corrected chi connectivity index (χ4v) is 5.83. The largest absolute Gasteiger partial charge is 0.368 e. The Labute approximate surface area is 190 Å². The summed E-state index contributed by atoms with van der Waals surface area (Å²) in [5, 5.41) is 0.794. The molecule has 0 radical (unpaired) electrons. The number of benzene rings is 1.